The number of benzene rings is 1. The number of nitrogens with one attached hydrogen (secondary N) is 2. The molecule has 1 aromatic carbocycles. The lowest BCUT2D eigenvalue weighted by molar-refractivity contribution is -0.384. The molecule has 0 atom stereocenters. The third-order valence-corrected chi connectivity index (χ3v) is 1.88. The number of rotatable bonds is 5. The van der Waals surface area contributed by atoms with Crippen LogP contribution in [0.15, 0.2) is 29.4 Å². The first-order chi connectivity index (χ1) is 8.63. The SMILES string of the molecule is [N-]=[N+]=NCCNC(=O)Nc1cccc([N+](=O)[O-])c1. The molecule has 2 N–H and O–H groups in total. The number of anilines is 1. The van der Waals surface area contributed by atoms with Crippen LogP contribution in [0, 0.1) is 10.1 Å². The first-order valence-corrected chi connectivity index (χ1v) is 4.93. The van der Waals surface area contributed by atoms with Crippen LogP contribution in [0.2, 0.25) is 0 Å². The van der Waals surface area contributed by atoms with Gasteiger partial charge in [0.25, 0.3) is 5.69 Å². The highest BCUT2D eigenvalue weighted by Crippen LogP contribution is 2.16. The van der Waals surface area contributed by atoms with Gasteiger partial charge in [-0.2, -0.15) is 0 Å². The monoisotopic (exact) mass is 250 g/mol. The van der Waals surface area contributed by atoms with Crippen LogP contribution in [-0.2, 0) is 0 Å². The lowest BCUT2D eigenvalue weighted by Gasteiger charge is -2.05. The van der Waals surface area contributed by atoms with Crippen molar-refractivity contribution in [3.05, 3.63) is 44.8 Å². The highest BCUT2D eigenvalue weighted by atomic mass is 16.6. The largest absolute Gasteiger partial charge is 0.338 e. The highest BCUT2D eigenvalue weighted by Gasteiger charge is 2.07. The van der Waals surface area contributed by atoms with Crippen molar-refractivity contribution in [1.82, 2.24) is 5.32 Å². The Morgan fingerprint density at radius 3 is 3.00 bits per heavy atom. The summed E-state index contributed by atoms with van der Waals surface area (Å²) in [4.78, 5) is 23.8. The van der Waals surface area contributed by atoms with Gasteiger partial charge in [-0.25, -0.2) is 4.79 Å². The van der Waals surface area contributed by atoms with Crippen molar-refractivity contribution in [2.75, 3.05) is 18.4 Å². The molecule has 0 aliphatic carbocycles. The summed E-state index contributed by atoms with van der Waals surface area (Å²) in [6.07, 6.45) is 0. The smallest absolute Gasteiger partial charge is 0.319 e. The second kappa shape index (κ2) is 6.71. The van der Waals surface area contributed by atoms with Crippen molar-refractivity contribution in [3.63, 3.8) is 0 Å². The van der Waals surface area contributed by atoms with Crippen molar-refractivity contribution in [3.8, 4) is 0 Å². The molecule has 1 rings (SSSR count). The minimum Gasteiger partial charge on any atom is -0.338 e. The normalized spacial score (nSPS) is 9.11. The molecule has 9 heteroatoms. The van der Waals surface area contributed by atoms with Crippen molar-refractivity contribution in [2.24, 2.45) is 5.11 Å². The quantitative estimate of drug-likeness (QED) is 0.207. The number of carbonyl (C=O) groups is 1. The van der Waals surface area contributed by atoms with Gasteiger partial charge in [0.05, 0.1) is 4.92 Å². The molecule has 0 aliphatic rings. The summed E-state index contributed by atoms with van der Waals surface area (Å²) in [7, 11) is 0. The van der Waals surface area contributed by atoms with Gasteiger partial charge >= 0.3 is 6.03 Å². The van der Waals surface area contributed by atoms with E-state index in [1.165, 1.54) is 24.3 Å². The Kier molecular flexibility index (Phi) is 4.95. The molecule has 0 bridgehead atoms. The van der Waals surface area contributed by atoms with E-state index in [1.807, 2.05) is 0 Å². The van der Waals surface area contributed by atoms with Crippen LogP contribution in [-0.4, -0.2) is 24.0 Å². The van der Waals surface area contributed by atoms with E-state index in [-0.39, 0.29) is 18.8 Å². The van der Waals surface area contributed by atoms with Crippen LogP contribution in [0.1, 0.15) is 0 Å². The van der Waals surface area contributed by atoms with Crippen molar-refractivity contribution >= 4 is 17.4 Å². The van der Waals surface area contributed by atoms with E-state index in [0.717, 1.165) is 0 Å². The molecule has 18 heavy (non-hydrogen) atoms. The van der Waals surface area contributed by atoms with Crippen LogP contribution in [0.5, 0.6) is 0 Å². The fourth-order valence-electron chi connectivity index (χ4n) is 1.14. The van der Waals surface area contributed by atoms with Gasteiger partial charge in [-0.05, 0) is 11.6 Å². The first kappa shape index (κ1) is 13.3. The molecular weight excluding hydrogens is 240 g/mol. The van der Waals surface area contributed by atoms with Crippen molar-refractivity contribution < 1.29 is 9.72 Å². The number of nitro benzene ring substituents is 1. The molecule has 94 valence electrons. The number of azide groups is 1. The molecule has 0 saturated heterocycles. The van der Waals surface area contributed by atoms with Crippen molar-refractivity contribution in [2.45, 2.75) is 0 Å². The molecular formula is C9H10N6O3. The Balaban J connectivity index is 2.51. The summed E-state index contributed by atoms with van der Waals surface area (Å²) in [6, 6.07) is 5.04. The zero-order chi connectivity index (χ0) is 13.4. The third-order valence-electron chi connectivity index (χ3n) is 1.88. The van der Waals surface area contributed by atoms with E-state index in [1.54, 1.807) is 0 Å². The molecule has 0 saturated carbocycles. The maximum Gasteiger partial charge on any atom is 0.319 e. The molecule has 0 spiro atoms. The Morgan fingerprint density at radius 2 is 2.33 bits per heavy atom. The average Bonchev–Trinajstić information content (AvgIpc) is 2.35. The minimum absolute atomic E-state index is 0.109. The first-order valence-electron chi connectivity index (χ1n) is 4.93. The van der Waals surface area contributed by atoms with Gasteiger partial charge in [0.15, 0.2) is 0 Å². The molecule has 9 nitrogen and oxygen atoms in total. The topological polar surface area (TPSA) is 133 Å². The van der Waals surface area contributed by atoms with Gasteiger partial charge < -0.3 is 10.6 Å². The predicted octanol–water partition coefficient (Wildman–Crippen LogP) is 2.03. The third kappa shape index (κ3) is 4.37. The number of amides is 2. The van der Waals surface area contributed by atoms with Gasteiger partial charge in [-0.3, -0.25) is 10.1 Å². The number of carbonyl (C=O) groups excluding carboxylic acids is 1. The molecule has 2 amide bonds. The maximum absolute atomic E-state index is 11.3. The Labute approximate surface area is 102 Å². The molecule has 0 heterocycles. The van der Waals surface area contributed by atoms with Gasteiger partial charge in [0.1, 0.15) is 0 Å². The van der Waals surface area contributed by atoms with Crippen molar-refractivity contribution in [1.29, 1.82) is 0 Å². The lowest BCUT2D eigenvalue weighted by Crippen LogP contribution is -2.30. The number of hydrogen-bond donors (Lipinski definition) is 2. The van der Waals surface area contributed by atoms with Crippen LogP contribution >= 0.6 is 0 Å². The number of nitro groups is 1. The summed E-state index contributed by atoms with van der Waals surface area (Å²) < 4.78 is 0. The zero-order valence-electron chi connectivity index (χ0n) is 9.24. The summed E-state index contributed by atoms with van der Waals surface area (Å²) in [6.45, 7) is 0.323. The summed E-state index contributed by atoms with van der Waals surface area (Å²) in [5.41, 5.74) is 8.22. The second-order valence-electron chi connectivity index (χ2n) is 3.14. The van der Waals surface area contributed by atoms with Gasteiger partial charge in [-0.1, -0.05) is 11.2 Å². The second-order valence-corrected chi connectivity index (χ2v) is 3.14. The fraction of sp³-hybridized carbons (Fsp3) is 0.222. The summed E-state index contributed by atoms with van der Waals surface area (Å²) in [5.74, 6) is 0. The Morgan fingerprint density at radius 1 is 1.56 bits per heavy atom. The molecule has 0 aliphatic heterocycles. The van der Waals surface area contributed by atoms with E-state index in [2.05, 4.69) is 20.7 Å². The standard InChI is InChI=1S/C9H10N6O3/c10-14-12-5-4-11-9(16)13-7-2-1-3-8(6-7)15(17)18/h1-3,6H,4-5H2,(H2,11,13,16). The van der Waals surface area contributed by atoms with Crippen LogP contribution < -0.4 is 10.6 Å². The minimum atomic E-state index is -0.551. The van der Waals surface area contributed by atoms with E-state index >= 15 is 0 Å². The van der Waals surface area contributed by atoms with Crippen LogP contribution in [0.4, 0.5) is 16.2 Å². The van der Waals surface area contributed by atoms with E-state index in [9.17, 15) is 14.9 Å². The number of nitrogens with zero attached hydrogens (tertiary/aromatic N) is 4. The zero-order valence-corrected chi connectivity index (χ0v) is 9.24. The summed E-state index contributed by atoms with van der Waals surface area (Å²) >= 11 is 0. The molecule has 0 fully saturated rings. The highest BCUT2D eigenvalue weighted by molar-refractivity contribution is 5.89. The molecule has 1 aromatic rings. The van der Waals surface area contributed by atoms with Crippen LogP contribution in [0.25, 0.3) is 10.4 Å². The Bertz CT molecular complexity index is 497. The average molecular weight is 250 g/mol. The molecule has 0 aromatic heterocycles. The maximum atomic E-state index is 11.3. The van der Waals surface area contributed by atoms with E-state index in [0.29, 0.717) is 5.69 Å². The molecule has 0 unspecified atom stereocenters. The van der Waals surface area contributed by atoms with Gasteiger partial charge in [0, 0.05) is 35.8 Å². The number of urea groups is 1. The Hall–Kier alpha value is -2.80. The lowest BCUT2D eigenvalue weighted by atomic mass is 10.3. The predicted molar refractivity (Wildman–Crippen MR) is 64.1 cm³/mol. The number of non-ortho nitro benzene ring substituents is 1. The number of hydrogen-bond acceptors (Lipinski definition) is 4. The summed E-state index contributed by atoms with van der Waals surface area (Å²) in [5, 5.41) is 18.6. The van der Waals surface area contributed by atoms with E-state index < -0.39 is 11.0 Å². The molecule has 0 radical (unpaired) electrons. The van der Waals surface area contributed by atoms with Crippen LogP contribution in [0.3, 0.4) is 0 Å². The van der Waals surface area contributed by atoms with Gasteiger partial charge in [-0.15, -0.1) is 0 Å². The van der Waals surface area contributed by atoms with E-state index in [4.69, 9.17) is 5.53 Å². The van der Waals surface area contributed by atoms with Gasteiger partial charge in [0.2, 0.25) is 0 Å². The fourth-order valence-corrected chi connectivity index (χ4v) is 1.14.